The second-order valence-electron chi connectivity index (χ2n) is 18.9. The largest absolute Gasteiger partial charge is 0.310 e. The molecule has 0 fully saturated rings. The minimum absolute atomic E-state index is 0.0567. The molecule has 2 aliphatic rings. The molecule has 0 N–H and O–H groups in total. The first-order valence-electron chi connectivity index (χ1n) is 22.9. The van der Waals surface area contributed by atoms with Gasteiger partial charge in [0.1, 0.15) is 0 Å². The zero-order valence-corrected chi connectivity index (χ0v) is 37.3. The number of hydrogen-bond acceptors (Lipinski definition) is 1. The molecule has 0 atom stereocenters. The third kappa shape index (κ3) is 6.14. The van der Waals surface area contributed by atoms with Crippen molar-refractivity contribution in [2.45, 2.75) is 38.5 Å². The van der Waals surface area contributed by atoms with Gasteiger partial charge < -0.3 is 4.90 Å². The summed E-state index contributed by atoms with van der Waals surface area (Å²) in [6.07, 6.45) is 0. The summed E-state index contributed by atoms with van der Waals surface area (Å²) in [4.78, 5) is 2.44. The van der Waals surface area contributed by atoms with Crippen molar-refractivity contribution in [2.75, 3.05) is 4.90 Å². The van der Waals surface area contributed by atoms with Gasteiger partial charge in [-0.1, -0.05) is 216 Å². The van der Waals surface area contributed by atoms with Crippen molar-refractivity contribution in [3.8, 4) is 66.8 Å². The molecule has 1 heteroatoms. The van der Waals surface area contributed by atoms with Crippen molar-refractivity contribution in [1.82, 2.24) is 0 Å². The molecule has 0 unspecified atom stereocenters. The molecule has 65 heavy (non-hydrogen) atoms. The Morgan fingerprint density at radius 2 is 0.815 bits per heavy atom. The van der Waals surface area contributed by atoms with Crippen LogP contribution in [0.3, 0.4) is 0 Å². The molecule has 0 amide bonds. The molecule has 0 saturated carbocycles. The fourth-order valence-electron chi connectivity index (χ4n) is 11.3. The minimum Gasteiger partial charge on any atom is -0.310 e. The van der Waals surface area contributed by atoms with Gasteiger partial charge in [0.05, 0.1) is 5.69 Å². The van der Waals surface area contributed by atoms with Gasteiger partial charge in [-0.25, -0.2) is 0 Å². The summed E-state index contributed by atoms with van der Waals surface area (Å²) in [6.45, 7) is 9.46. The van der Waals surface area contributed by atoms with E-state index in [1.54, 1.807) is 0 Å². The van der Waals surface area contributed by atoms with Crippen LogP contribution in [-0.2, 0) is 10.8 Å². The molecule has 0 saturated heterocycles. The quantitative estimate of drug-likeness (QED) is 0.155. The van der Waals surface area contributed by atoms with E-state index in [0.29, 0.717) is 0 Å². The van der Waals surface area contributed by atoms with Crippen LogP contribution in [0.25, 0.3) is 77.5 Å². The highest BCUT2D eigenvalue weighted by molar-refractivity contribution is 6.05. The lowest BCUT2D eigenvalue weighted by atomic mass is 9.78. The molecule has 10 aromatic carbocycles. The fraction of sp³-hybridized carbons (Fsp3) is 0.0938. The summed E-state index contributed by atoms with van der Waals surface area (Å²) in [6, 6.07) is 83.2. The Morgan fingerprint density at radius 1 is 0.308 bits per heavy atom. The molecule has 0 bridgehead atoms. The summed E-state index contributed by atoms with van der Waals surface area (Å²) < 4.78 is 0. The normalized spacial score (nSPS) is 13.8. The van der Waals surface area contributed by atoms with Crippen LogP contribution >= 0.6 is 0 Å². The lowest BCUT2D eigenvalue weighted by Gasteiger charge is -2.29. The lowest BCUT2D eigenvalue weighted by molar-refractivity contribution is 0.660. The maximum absolute atomic E-state index is 2.44. The number of anilines is 3. The van der Waals surface area contributed by atoms with Crippen molar-refractivity contribution in [1.29, 1.82) is 0 Å². The third-order valence-electron chi connectivity index (χ3n) is 14.5. The Labute approximate surface area is 383 Å². The van der Waals surface area contributed by atoms with Crippen LogP contribution in [0.4, 0.5) is 17.1 Å². The smallest absolute Gasteiger partial charge is 0.0546 e. The summed E-state index contributed by atoms with van der Waals surface area (Å²) >= 11 is 0. The Kier molecular flexibility index (Phi) is 8.94. The van der Waals surface area contributed by atoms with Crippen molar-refractivity contribution >= 4 is 27.8 Å². The van der Waals surface area contributed by atoms with Gasteiger partial charge >= 0.3 is 0 Å². The number of rotatable bonds is 7. The van der Waals surface area contributed by atoms with Gasteiger partial charge in [0.2, 0.25) is 0 Å². The molecule has 0 aliphatic heterocycles. The van der Waals surface area contributed by atoms with Crippen LogP contribution in [0, 0.1) is 0 Å². The molecule has 310 valence electrons. The van der Waals surface area contributed by atoms with E-state index >= 15 is 0 Å². The van der Waals surface area contributed by atoms with Gasteiger partial charge in [0, 0.05) is 27.8 Å². The van der Waals surface area contributed by atoms with Gasteiger partial charge in [-0.2, -0.15) is 0 Å². The number of hydrogen-bond donors (Lipinski definition) is 0. The molecular weight excluding hydrogens is 783 g/mol. The Balaban J connectivity index is 0.981. The van der Waals surface area contributed by atoms with Gasteiger partial charge in [0.25, 0.3) is 0 Å². The van der Waals surface area contributed by atoms with Crippen molar-refractivity contribution in [2.24, 2.45) is 0 Å². The maximum atomic E-state index is 2.44. The van der Waals surface area contributed by atoms with Crippen LogP contribution in [0.1, 0.15) is 49.9 Å². The zero-order chi connectivity index (χ0) is 43.9. The SMILES string of the molecule is CC1(C)c2ccccc2-c2ccc(-c3ccc(N(c4ccc(-c5ccccc5-c5cccc6c5C(C)(C)c5ccccc5-6)cc4)c4ccc5ccccc5c4-c4ccccc4)cc3)cc21. The van der Waals surface area contributed by atoms with E-state index in [2.05, 4.69) is 257 Å². The molecule has 1 nitrogen and oxygen atoms in total. The molecule has 0 spiro atoms. The molecule has 12 rings (SSSR count). The Bertz CT molecular complexity index is 3460. The average Bonchev–Trinajstić information content (AvgIpc) is 3.74. The third-order valence-corrected chi connectivity index (χ3v) is 14.5. The molecule has 0 radical (unpaired) electrons. The first kappa shape index (κ1) is 38.9. The maximum Gasteiger partial charge on any atom is 0.0546 e. The summed E-state index contributed by atoms with van der Waals surface area (Å²) in [5, 5.41) is 2.45. The minimum atomic E-state index is -0.116. The van der Waals surface area contributed by atoms with Crippen LogP contribution in [-0.4, -0.2) is 0 Å². The van der Waals surface area contributed by atoms with E-state index < -0.39 is 0 Å². The first-order valence-corrected chi connectivity index (χ1v) is 22.9. The topological polar surface area (TPSA) is 3.24 Å². The number of nitrogens with zero attached hydrogens (tertiary/aromatic N) is 1. The highest BCUT2D eigenvalue weighted by Crippen LogP contribution is 2.54. The van der Waals surface area contributed by atoms with Crippen molar-refractivity contribution in [3.63, 3.8) is 0 Å². The monoisotopic (exact) mass is 831 g/mol. The second-order valence-corrected chi connectivity index (χ2v) is 18.9. The van der Waals surface area contributed by atoms with Crippen LogP contribution < -0.4 is 4.90 Å². The predicted octanol–water partition coefficient (Wildman–Crippen LogP) is 17.6. The van der Waals surface area contributed by atoms with Crippen molar-refractivity contribution < 1.29 is 0 Å². The van der Waals surface area contributed by atoms with E-state index in [4.69, 9.17) is 0 Å². The molecule has 0 aromatic heterocycles. The van der Waals surface area contributed by atoms with Crippen LogP contribution in [0.15, 0.2) is 224 Å². The zero-order valence-electron chi connectivity index (χ0n) is 37.3. The fourth-order valence-corrected chi connectivity index (χ4v) is 11.3. The number of fused-ring (bicyclic) bond motifs is 7. The molecule has 2 aliphatic carbocycles. The van der Waals surface area contributed by atoms with Gasteiger partial charge in [-0.05, 0) is 131 Å². The molecular formula is C64H49N. The number of benzene rings is 10. The van der Waals surface area contributed by atoms with Crippen LogP contribution in [0.5, 0.6) is 0 Å². The molecule has 0 heterocycles. The van der Waals surface area contributed by atoms with Crippen molar-refractivity contribution in [3.05, 3.63) is 247 Å². The van der Waals surface area contributed by atoms with Gasteiger partial charge in [-0.3, -0.25) is 0 Å². The van der Waals surface area contributed by atoms with E-state index in [1.165, 1.54) is 99.8 Å². The Hall–Kier alpha value is -7.74. The highest BCUT2D eigenvalue weighted by atomic mass is 15.1. The molecule has 10 aromatic rings. The second kappa shape index (κ2) is 14.9. The summed E-state index contributed by atoms with van der Waals surface area (Å²) in [5.74, 6) is 0. The average molecular weight is 832 g/mol. The van der Waals surface area contributed by atoms with Gasteiger partial charge in [0.15, 0.2) is 0 Å². The first-order chi connectivity index (χ1) is 31.8. The van der Waals surface area contributed by atoms with E-state index in [1.807, 2.05) is 0 Å². The predicted molar refractivity (Wildman–Crippen MR) is 276 cm³/mol. The highest BCUT2D eigenvalue weighted by Gasteiger charge is 2.38. The van der Waals surface area contributed by atoms with Gasteiger partial charge in [-0.15, -0.1) is 0 Å². The van der Waals surface area contributed by atoms with E-state index in [9.17, 15) is 0 Å². The summed E-state index contributed by atoms with van der Waals surface area (Å²) in [5.41, 5.74) is 23.9. The van der Waals surface area contributed by atoms with E-state index in [-0.39, 0.29) is 10.8 Å². The standard InChI is InChI=1S/C64H49N/c1-63(2)57-27-14-12-23-52(57)54-39-33-46(41-59(54)63)42-29-35-47(36-30-42)65(60-40-34-43-17-8-9-21-50(43)61(60)45-18-6-5-7-19-45)48-37-31-44(32-38-48)49-20-10-11-22-51(49)55-25-16-26-56-53-24-13-15-28-58(53)64(3,4)62(55)56/h5-41H,1-4H3. The lowest BCUT2D eigenvalue weighted by Crippen LogP contribution is -2.16. The summed E-state index contributed by atoms with van der Waals surface area (Å²) in [7, 11) is 0. The van der Waals surface area contributed by atoms with Crippen LogP contribution in [0.2, 0.25) is 0 Å². The Morgan fingerprint density at radius 3 is 1.52 bits per heavy atom. The van der Waals surface area contributed by atoms with E-state index in [0.717, 1.165) is 17.1 Å².